The molecule has 120 valence electrons. The summed E-state index contributed by atoms with van der Waals surface area (Å²) in [5.74, 6) is 0.953. The summed E-state index contributed by atoms with van der Waals surface area (Å²) in [5.41, 5.74) is 1.62. The number of hydrogen-bond donors (Lipinski definition) is 1. The highest BCUT2D eigenvalue weighted by atomic mass is 16.2. The fourth-order valence-electron chi connectivity index (χ4n) is 3.31. The van der Waals surface area contributed by atoms with Gasteiger partial charge >= 0.3 is 0 Å². The Hall–Kier alpha value is -1.49. The van der Waals surface area contributed by atoms with Crippen molar-refractivity contribution >= 4 is 5.91 Å². The third-order valence-electron chi connectivity index (χ3n) is 5.17. The average molecular weight is 302 g/mol. The summed E-state index contributed by atoms with van der Waals surface area (Å²) in [5, 5.41) is 11.2. The predicted molar refractivity (Wildman–Crippen MR) is 85.8 cm³/mol. The van der Waals surface area contributed by atoms with E-state index in [0.717, 1.165) is 18.7 Å². The van der Waals surface area contributed by atoms with E-state index in [1.54, 1.807) is 6.20 Å². The molecule has 1 aromatic rings. The number of carbonyl (C=O) groups excluding carboxylic acids is 1. The van der Waals surface area contributed by atoms with E-state index < -0.39 is 0 Å². The monoisotopic (exact) mass is 302 g/mol. The van der Waals surface area contributed by atoms with Crippen molar-refractivity contribution < 1.29 is 4.79 Å². The molecule has 1 saturated carbocycles. The summed E-state index contributed by atoms with van der Waals surface area (Å²) < 4.78 is 0. The molecule has 1 aliphatic carbocycles. The lowest BCUT2D eigenvalue weighted by Crippen LogP contribution is -2.41. The third-order valence-corrected chi connectivity index (χ3v) is 5.17. The number of rotatable bonds is 4. The molecule has 0 aromatic carbocycles. The lowest BCUT2D eigenvalue weighted by Gasteiger charge is -2.25. The zero-order valence-electron chi connectivity index (χ0n) is 13.7. The minimum atomic E-state index is -0.0869. The van der Waals surface area contributed by atoms with E-state index >= 15 is 0 Å². The van der Waals surface area contributed by atoms with Crippen LogP contribution in [0.4, 0.5) is 0 Å². The van der Waals surface area contributed by atoms with Crippen LogP contribution in [0.3, 0.4) is 0 Å². The largest absolute Gasteiger partial charge is 0.346 e. The number of nitrogens with one attached hydrogen (secondary N) is 1. The van der Waals surface area contributed by atoms with Crippen molar-refractivity contribution in [3.63, 3.8) is 0 Å². The minimum Gasteiger partial charge on any atom is -0.346 e. The molecule has 1 aromatic heterocycles. The Bertz CT molecular complexity index is 541. The number of aromatic nitrogens is 2. The van der Waals surface area contributed by atoms with E-state index in [1.165, 1.54) is 19.3 Å². The van der Waals surface area contributed by atoms with E-state index in [1.807, 2.05) is 6.07 Å². The van der Waals surface area contributed by atoms with Crippen molar-refractivity contribution in [3.8, 4) is 0 Å². The Morgan fingerprint density at radius 1 is 1.36 bits per heavy atom. The van der Waals surface area contributed by atoms with Gasteiger partial charge in [-0.3, -0.25) is 9.69 Å². The molecule has 0 spiro atoms. The van der Waals surface area contributed by atoms with Crippen LogP contribution < -0.4 is 5.32 Å². The van der Waals surface area contributed by atoms with E-state index in [4.69, 9.17) is 0 Å². The van der Waals surface area contributed by atoms with Crippen LogP contribution in [0.5, 0.6) is 0 Å². The third kappa shape index (κ3) is 3.14. The number of carbonyl (C=O) groups is 1. The molecule has 5 nitrogen and oxygen atoms in total. The molecule has 0 radical (unpaired) electrons. The average Bonchev–Trinajstić information content (AvgIpc) is 2.79. The summed E-state index contributed by atoms with van der Waals surface area (Å²) in [6, 6.07) is 2.64. The molecular weight excluding hydrogens is 276 g/mol. The second kappa shape index (κ2) is 6.32. The summed E-state index contributed by atoms with van der Waals surface area (Å²) in [6.07, 6.45) is 5.49. The maximum atomic E-state index is 12.5. The number of likely N-dealkylation sites (tertiary alicyclic amines) is 1. The van der Waals surface area contributed by atoms with E-state index in [9.17, 15) is 4.79 Å². The fraction of sp³-hybridized carbons (Fsp3) is 0.706. The Balaban J connectivity index is 1.64. The SMILES string of the molecule is CC(C)N1C[C@@H](C)[C@@H](NC(=O)c2cc(C3CCC3)cnn2)C1. The van der Waals surface area contributed by atoms with Gasteiger partial charge in [0.05, 0.1) is 6.20 Å². The molecule has 22 heavy (non-hydrogen) atoms. The topological polar surface area (TPSA) is 58.1 Å². The molecule has 2 heterocycles. The molecule has 0 bridgehead atoms. The smallest absolute Gasteiger partial charge is 0.272 e. The molecule has 2 aliphatic rings. The molecule has 2 atom stereocenters. The fourth-order valence-corrected chi connectivity index (χ4v) is 3.31. The van der Waals surface area contributed by atoms with Gasteiger partial charge in [-0.05, 0) is 50.2 Å². The first-order valence-electron chi connectivity index (χ1n) is 8.42. The minimum absolute atomic E-state index is 0.0869. The normalized spacial score (nSPS) is 26.2. The van der Waals surface area contributed by atoms with Gasteiger partial charge in [-0.15, -0.1) is 5.10 Å². The maximum Gasteiger partial charge on any atom is 0.272 e. The Kier molecular flexibility index (Phi) is 4.43. The van der Waals surface area contributed by atoms with Gasteiger partial charge in [0, 0.05) is 25.2 Å². The summed E-state index contributed by atoms with van der Waals surface area (Å²) >= 11 is 0. The van der Waals surface area contributed by atoms with Crippen molar-refractivity contribution in [2.75, 3.05) is 13.1 Å². The molecule has 1 saturated heterocycles. The second-order valence-electron chi connectivity index (χ2n) is 7.11. The van der Waals surface area contributed by atoms with Crippen molar-refractivity contribution in [1.29, 1.82) is 0 Å². The Labute approximate surface area is 132 Å². The van der Waals surface area contributed by atoms with Gasteiger partial charge < -0.3 is 5.32 Å². The maximum absolute atomic E-state index is 12.5. The number of hydrogen-bond acceptors (Lipinski definition) is 4. The molecule has 0 unspecified atom stereocenters. The van der Waals surface area contributed by atoms with Gasteiger partial charge in [0.25, 0.3) is 5.91 Å². The van der Waals surface area contributed by atoms with Crippen LogP contribution in [0.1, 0.15) is 62.0 Å². The van der Waals surface area contributed by atoms with Gasteiger partial charge in [0.15, 0.2) is 5.69 Å². The molecule has 1 amide bonds. The van der Waals surface area contributed by atoms with E-state index in [2.05, 4.69) is 41.2 Å². The standard InChI is InChI=1S/C17H26N4O/c1-11(2)21-9-12(3)16(10-21)19-17(22)15-7-14(8-18-20-15)13-5-4-6-13/h7-8,11-13,16H,4-6,9-10H2,1-3H3,(H,19,22)/t12-,16+/m1/s1. The molecule has 1 N–H and O–H groups in total. The lowest BCUT2D eigenvalue weighted by atomic mass is 9.81. The van der Waals surface area contributed by atoms with Gasteiger partial charge in [-0.1, -0.05) is 13.3 Å². The zero-order chi connectivity index (χ0) is 15.7. The van der Waals surface area contributed by atoms with Gasteiger partial charge in [0.1, 0.15) is 0 Å². The van der Waals surface area contributed by atoms with Crippen LogP contribution in [0.15, 0.2) is 12.3 Å². The first kappa shape index (κ1) is 15.4. The first-order chi connectivity index (χ1) is 10.5. The highest BCUT2D eigenvalue weighted by molar-refractivity contribution is 5.92. The molecule has 1 aliphatic heterocycles. The Morgan fingerprint density at radius 3 is 2.73 bits per heavy atom. The quantitative estimate of drug-likeness (QED) is 0.926. The molecule has 3 rings (SSSR count). The zero-order valence-corrected chi connectivity index (χ0v) is 13.7. The van der Waals surface area contributed by atoms with Crippen LogP contribution in [0.25, 0.3) is 0 Å². The molecular formula is C17H26N4O. The van der Waals surface area contributed by atoms with Crippen LogP contribution in [-0.4, -0.2) is 46.2 Å². The van der Waals surface area contributed by atoms with Crippen LogP contribution in [0.2, 0.25) is 0 Å². The van der Waals surface area contributed by atoms with Crippen molar-refractivity contribution in [2.45, 2.75) is 58.0 Å². The van der Waals surface area contributed by atoms with E-state index in [-0.39, 0.29) is 11.9 Å². The molecule has 5 heteroatoms. The highest BCUT2D eigenvalue weighted by Crippen LogP contribution is 2.35. The van der Waals surface area contributed by atoms with Crippen molar-refractivity contribution in [3.05, 3.63) is 23.5 Å². The number of amides is 1. The Morgan fingerprint density at radius 2 is 2.14 bits per heavy atom. The first-order valence-corrected chi connectivity index (χ1v) is 8.42. The summed E-state index contributed by atoms with van der Waals surface area (Å²) in [7, 11) is 0. The predicted octanol–water partition coefficient (Wildman–Crippen LogP) is 2.20. The van der Waals surface area contributed by atoms with Crippen LogP contribution in [0, 0.1) is 5.92 Å². The second-order valence-corrected chi connectivity index (χ2v) is 7.11. The van der Waals surface area contributed by atoms with Crippen molar-refractivity contribution in [1.82, 2.24) is 20.4 Å². The summed E-state index contributed by atoms with van der Waals surface area (Å²) in [6.45, 7) is 8.55. The van der Waals surface area contributed by atoms with Crippen LogP contribution in [-0.2, 0) is 0 Å². The molecule has 2 fully saturated rings. The van der Waals surface area contributed by atoms with Gasteiger partial charge in [-0.2, -0.15) is 5.10 Å². The summed E-state index contributed by atoms with van der Waals surface area (Å²) in [4.78, 5) is 14.9. The van der Waals surface area contributed by atoms with Gasteiger partial charge in [0.2, 0.25) is 0 Å². The highest BCUT2D eigenvalue weighted by Gasteiger charge is 2.32. The lowest BCUT2D eigenvalue weighted by molar-refractivity contribution is 0.0924. The van der Waals surface area contributed by atoms with Gasteiger partial charge in [-0.25, -0.2) is 0 Å². The number of nitrogens with zero attached hydrogens (tertiary/aromatic N) is 3. The van der Waals surface area contributed by atoms with Crippen LogP contribution >= 0.6 is 0 Å². The van der Waals surface area contributed by atoms with Crippen molar-refractivity contribution in [2.24, 2.45) is 5.92 Å². The van der Waals surface area contributed by atoms with E-state index in [0.29, 0.717) is 23.6 Å².